The number of nitrogens with zero attached hydrogens (tertiary/aromatic N) is 1. The maximum Gasteiger partial charge on any atom is 0.332 e. The Hall–Kier alpha value is -2.80. The van der Waals surface area contributed by atoms with Gasteiger partial charge in [-0.15, -0.1) is 0 Å². The van der Waals surface area contributed by atoms with Gasteiger partial charge in [0, 0.05) is 45.1 Å². The lowest BCUT2D eigenvalue weighted by molar-refractivity contribution is -0.121. The van der Waals surface area contributed by atoms with Crippen molar-refractivity contribution in [2.45, 2.75) is 63.4 Å². The highest BCUT2D eigenvalue weighted by Crippen LogP contribution is 2.31. The number of hydrogen-bond acceptors (Lipinski definition) is 8. The summed E-state index contributed by atoms with van der Waals surface area (Å²) in [5, 5.41) is 25.6. The zero-order valence-electron chi connectivity index (χ0n) is 19.5. The van der Waals surface area contributed by atoms with Gasteiger partial charge in [0.15, 0.2) is 0 Å². The largest absolute Gasteiger partial charge is 0.387 e. The first kappa shape index (κ1) is 27.4. The maximum atomic E-state index is 12.3. The normalized spacial score (nSPS) is 22.2. The van der Waals surface area contributed by atoms with Crippen LogP contribution in [0.3, 0.4) is 0 Å². The summed E-state index contributed by atoms with van der Waals surface area (Å²) in [6.07, 6.45) is 3.16. The third kappa shape index (κ3) is 7.90. The van der Waals surface area contributed by atoms with E-state index in [-0.39, 0.29) is 31.2 Å². The van der Waals surface area contributed by atoms with Crippen molar-refractivity contribution in [3.05, 3.63) is 38.7 Å². The van der Waals surface area contributed by atoms with E-state index < -0.39 is 41.6 Å². The van der Waals surface area contributed by atoms with E-state index in [9.17, 15) is 29.4 Å². The van der Waals surface area contributed by atoms with Gasteiger partial charge in [0.1, 0.15) is 24.4 Å². The van der Waals surface area contributed by atoms with Crippen LogP contribution >= 0.6 is 0 Å². The second-order valence-electron chi connectivity index (χ2n) is 8.05. The smallest absolute Gasteiger partial charge is 0.332 e. The van der Waals surface area contributed by atoms with Crippen LogP contribution in [0.4, 0.5) is 0 Å². The lowest BCUT2D eigenvalue weighted by Crippen LogP contribution is -2.35. The zero-order valence-corrected chi connectivity index (χ0v) is 19.5. The van der Waals surface area contributed by atoms with Gasteiger partial charge in [-0.25, -0.2) is 4.79 Å². The van der Waals surface area contributed by atoms with Crippen molar-refractivity contribution in [1.82, 2.24) is 20.2 Å². The van der Waals surface area contributed by atoms with Gasteiger partial charge in [0.05, 0.1) is 12.2 Å². The minimum Gasteiger partial charge on any atom is -0.387 e. The third-order valence-corrected chi connectivity index (χ3v) is 5.39. The number of rotatable bonds is 13. The number of ether oxygens (including phenoxy) is 2. The van der Waals surface area contributed by atoms with Gasteiger partial charge < -0.3 is 30.3 Å². The molecule has 2 amide bonds. The molecule has 0 saturated carbocycles. The molecule has 5 N–H and O–H groups in total. The molecule has 0 spiro atoms. The predicted molar refractivity (Wildman–Crippen MR) is 123 cm³/mol. The summed E-state index contributed by atoms with van der Waals surface area (Å²) in [6.45, 7) is 2.58. The Morgan fingerprint density at radius 2 is 1.91 bits per heavy atom. The van der Waals surface area contributed by atoms with E-state index >= 15 is 0 Å². The van der Waals surface area contributed by atoms with E-state index in [1.165, 1.54) is 7.11 Å². The van der Waals surface area contributed by atoms with Gasteiger partial charge in [-0.2, -0.15) is 0 Å². The molecule has 0 aliphatic carbocycles. The van der Waals surface area contributed by atoms with Crippen LogP contribution < -0.4 is 21.9 Å². The van der Waals surface area contributed by atoms with E-state index in [4.69, 9.17) is 9.47 Å². The first-order valence-electron chi connectivity index (χ1n) is 11.4. The quantitative estimate of drug-likeness (QED) is 0.176. The lowest BCUT2D eigenvalue weighted by atomic mass is 10.0. The van der Waals surface area contributed by atoms with Crippen LogP contribution in [0.5, 0.6) is 0 Å². The Morgan fingerprint density at radius 1 is 1.18 bits per heavy atom. The van der Waals surface area contributed by atoms with Gasteiger partial charge in [-0.05, 0) is 6.42 Å². The molecule has 1 saturated heterocycles. The van der Waals surface area contributed by atoms with Crippen molar-refractivity contribution in [3.8, 4) is 0 Å². The Labute approximate surface area is 197 Å². The highest BCUT2D eigenvalue weighted by Gasteiger charge is 2.44. The molecule has 2 rings (SSSR count). The fraction of sp³-hybridized carbons (Fsp3) is 0.636. The molecular formula is C22H34N4O8. The average Bonchev–Trinajstić information content (AvgIpc) is 3.08. The second-order valence-corrected chi connectivity index (χ2v) is 8.05. The molecule has 1 aliphatic rings. The molecule has 1 aliphatic heterocycles. The third-order valence-electron chi connectivity index (χ3n) is 5.39. The van der Waals surface area contributed by atoms with Gasteiger partial charge in [0.25, 0.3) is 5.56 Å². The van der Waals surface area contributed by atoms with Crippen LogP contribution in [-0.2, 0) is 19.1 Å². The molecule has 4 unspecified atom stereocenters. The van der Waals surface area contributed by atoms with E-state index in [1.54, 1.807) is 0 Å². The van der Waals surface area contributed by atoms with Crippen molar-refractivity contribution in [3.63, 3.8) is 0 Å². The van der Waals surface area contributed by atoms with Crippen molar-refractivity contribution >= 4 is 18.0 Å². The maximum absolute atomic E-state index is 12.3. The number of unbranched alkanes of at least 4 members (excludes halogenated alkanes) is 3. The molecule has 2 heterocycles. The van der Waals surface area contributed by atoms with Crippen LogP contribution in [-0.4, -0.2) is 76.7 Å². The number of carbonyl (C=O) groups excluding carboxylic acids is 2. The fourth-order valence-electron chi connectivity index (χ4n) is 3.52. The van der Waals surface area contributed by atoms with E-state index in [1.807, 2.05) is 0 Å². The Morgan fingerprint density at radius 3 is 2.62 bits per heavy atom. The number of carbonyl (C=O) groups is 2. The second kappa shape index (κ2) is 13.8. The van der Waals surface area contributed by atoms with Crippen LogP contribution in [0.2, 0.25) is 0 Å². The molecule has 0 aromatic carbocycles. The summed E-state index contributed by atoms with van der Waals surface area (Å²) < 4.78 is 11.4. The first-order chi connectivity index (χ1) is 16.3. The molecule has 12 nitrogen and oxygen atoms in total. The van der Waals surface area contributed by atoms with Crippen LogP contribution in [0, 0.1) is 0 Å². The summed E-state index contributed by atoms with van der Waals surface area (Å²) in [5.41, 5.74) is -1.66. The Kier molecular flexibility index (Phi) is 11.1. The van der Waals surface area contributed by atoms with E-state index in [0.29, 0.717) is 6.42 Å². The van der Waals surface area contributed by atoms with Crippen molar-refractivity contribution in [2.75, 3.05) is 26.8 Å². The number of aliphatic hydroxyl groups excluding tert-OH is 2. The molecule has 0 radical (unpaired) electrons. The SMILES string of the molecule is CCCCCCC(=O)NCCNC(=O)/C=C/n1cc(C2OC(COC)C(O)C2O)c(=O)[nH]c1=O. The predicted octanol–water partition coefficient (Wildman–Crippen LogP) is -0.982. The van der Waals surface area contributed by atoms with Crippen LogP contribution in [0.1, 0.15) is 50.7 Å². The molecule has 0 bridgehead atoms. The molecule has 190 valence electrons. The minimum absolute atomic E-state index is 0.00561. The highest BCUT2D eigenvalue weighted by atomic mass is 16.6. The molecule has 34 heavy (non-hydrogen) atoms. The van der Waals surface area contributed by atoms with Gasteiger partial charge in [-0.3, -0.25) is 23.9 Å². The molecule has 4 atom stereocenters. The average molecular weight is 483 g/mol. The standard InChI is InChI=1S/C22H34N4O8/c1-3-4-5-6-7-16(27)23-9-10-24-17(28)8-11-26-12-14(21(31)25-22(26)32)20-19(30)18(29)15(34-20)13-33-2/h8,11-12,15,18-20,29-30H,3-7,9-10,13H2,1-2H3,(H,23,27)(H,24,28)(H,25,31,32)/b11-8+. The Bertz CT molecular complexity index is 957. The van der Waals surface area contributed by atoms with E-state index in [0.717, 1.165) is 48.7 Å². The summed E-state index contributed by atoms with van der Waals surface area (Å²) in [6, 6.07) is 0. The lowest BCUT2D eigenvalue weighted by Gasteiger charge is -2.14. The molecule has 12 heteroatoms. The monoisotopic (exact) mass is 482 g/mol. The highest BCUT2D eigenvalue weighted by molar-refractivity contribution is 5.90. The molecule has 1 aromatic heterocycles. The summed E-state index contributed by atoms with van der Waals surface area (Å²) >= 11 is 0. The van der Waals surface area contributed by atoms with Crippen LogP contribution in [0.15, 0.2) is 21.9 Å². The molecule has 1 aromatic rings. The Balaban J connectivity index is 1.91. The number of aliphatic hydroxyl groups is 2. The summed E-state index contributed by atoms with van der Waals surface area (Å²) in [7, 11) is 1.40. The topological polar surface area (TPSA) is 172 Å². The van der Waals surface area contributed by atoms with Crippen molar-refractivity contribution in [2.24, 2.45) is 0 Å². The number of methoxy groups -OCH3 is 1. The molecular weight excluding hydrogens is 448 g/mol. The number of aromatic amines is 1. The summed E-state index contributed by atoms with van der Waals surface area (Å²) in [5.74, 6) is -0.577. The van der Waals surface area contributed by atoms with Crippen molar-refractivity contribution < 1.29 is 29.3 Å². The number of hydrogen-bond donors (Lipinski definition) is 5. The number of aromatic nitrogens is 2. The summed E-state index contributed by atoms with van der Waals surface area (Å²) in [4.78, 5) is 50.2. The number of H-pyrrole nitrogens is 1. The van der Waals surface area contributed by atoms with Gasteiger partial charge >= 0.3 is 5.69 Å². The van der Waals surface area contributed by atoms with Gasteiger partial charge in [-0.1, -0.05) is 26.2 Å². The van der Waals surface area contributed by atoms with E-state index in [2.05, 4.69) is 22.5 Å². The number of nitrogens with one attached hydrogen (secondary N) is 3. The van der Waals surface area contributed by atoms with Crippen LogP contribution in [0.25, 0.3) is 6.20 Å². The first-order valence-corrected chi connectivity index (χ1v) is 11.4. The fourth-order valence-corrected chi connectivity index (χ4v) is 3.52. The zero-order chi connectivity index (χ0) is 25.1. The van der Waals surface area contributed by atoms with Gasteiger partial charge in [0.2, 0.25) is 11.8 Å². The molecule has 1 fully saturated rings. The number of amides is 2. The van der Waals surface area contributed by atoms with Crippen molar-refractivity contribution in [1.29, 1.82) is 0 Å². The minimum atomic E-state index is -1.40.